The molecule has 0 fully saturated rings. The fraction of sp³-hybridized carbons (Fsp3) is 0.455. The van der Waals surface area contributed by atoms with Crippen molar-refractivity contribution in [3.05, 3.63) is 22.7 Å². The molecule has 0 aliphatic heterocycles. The second-order valence-corrected chi connectivity index (χ2v) is 7.02. The van der Waals surface area contributed by atoms with Crippen LogP contribution in [0.5, 0.6) is 0 Å². The van der Waals surface area contributed by atoms with E-state index in [2.05, 4.69) is 4.72 Å². The molecule has 4 nitrogen and oxygen atoms in total. The molecule has 1 rings (SSSR count). The molecule has 0 bridgehead atoms. The van der Waals surface area contributed by atoms with Crippen LogP contribution in [0.2, 0.25) is 5.02 Å². The maximum atomic E-state index is 12.0. The van der Waals surface area contributed by atoms with Crippen LogP contribution >= 0.6 is 23.4 Å². The predicted octanol–water partition coefficient (Wildman–Crippen LogP) is 2.26. The summed E-state index contributed by atoms with van der Waals surface area (Å²) in [5, 5.41) is 0.399. The Labute approximate surface area is 117 Å². The number of nitrogen functional groups attached to an aromatic ring is 1. The van der Waals surface area contributed by atoms with Gasteiger partial charge >= 0.3 is 0 Å². The summed E-state index contributed by atoms with van der Waals surface area (Å²) in [6.45, 7) is 2.15. The maximum absolute atomic E-state index is 12.0. The lowest BCUT2D eigenvalue weighted by Gasteiger charge is -2.09. The van der Waals surface area contributed by atoms with E-state index < -0.39 is 10.0 Å². The van der Waals surface area contributed by atoms with Crippen molar-refractivity contribution in [2.75, 3.05) is 24.3 Å². The van der Waals surface area contributed by atoms with E-state index in [0.717, 1.165) is 12.2 Å². The highest BCUT2D eigenvalue weighted by atomic mass is 35.5. The first-order chi connectivity index (χ1) is 8.38. The van der Waals surface area contributed by atoms with Crippen LogP contribution in [0.1, 0.15) is 12.0 Å². The van der Waals surface area contributed by atoms with Crippen molar-refractivity contribution in [2.24, 2.45) is 0 Å². The summed E-state index contributed by atoms with van der Waals surface area (Å²) in [6.07, 6.45) is 2.78. The molecule has 0 radical (unpaired) electrons. The molecule has 1 aromatic carbocycles. The zero-order valence-electron chi connectivity index (χ0n) is 10.4. The van der Waals surface area contributed by atoms with Gasteiger partial charge < -0.3 is 5.73 Å². The van der Waals surface area contributed by atoms with Crippen molar-refractivity contribution in [1.29, 1.82) is 0 Å². The summed E-state index contributed by atoms with van der Waals surface area (Å²) in [5.74, 6) is 0.921. The number of aryl methyl sites for hydroxylation is 1. The van der Waals surface area contributed by atoms with Gasteiger partial charge in [-0.05, 0) is 43.0 Å². The first-order valence-corrected chi connectivity index (χ1v) is 8.68. The molecule has 7 heteroatoms. The summed E-state index contributed by atoms with van der Waals surface area (Å²) in [7, 11) is -3.50. The molecule has 0 aliphatic rings. The number of nitrogens with one attached hydrogen (secondary N) is 1. The van der Waals surface area contributed by atoms with E-state index in [1.165, 1.54) is 12.1 Å². The minimum absolute atomic E-state index is 0.158. The molecule has 0 spiro atoms. The Morgan fingerprint density at radius 2 is 2.11 bits per heavy atom. The fourth-order valence-electron chi connectivity index (χ4n) is 1.42. The van der Waals surface area contributed by atoms with Crippen LogP contribution in [-0.2, 0) is 10.0 Å². The molecule has 18 heavy (non-hydrogen) atoms. The third-order valence-corrected chi connectivity index (χ3v) is 5.04. The van der Waals surface area contributed by atoms with Gasteiger partial charge in [-0.3, -0.25) is 0 Å². The molecule has 0 saturated heterocycles. The van der Waals surface area contributed by atoms with Gasteiger partial charge in [-0.25, -0.2) is 13.1 Å². The molecular formula is C11H17ClN2O2S2. The molecule has 0 amide bonds. The molecule has 1 aromatic rings. The number of thioether (sulfide) groups is 1. The van der Waals surface area contributed by atoms with Crippen LogP contribution in [0.3, 0.4) is 0 Å². The molecule has 102 valence electrons. The first kappa shape index (κ1) is 15.6. The highest BCUT2D eigenvalue weighted by Gasteiger charge is 2.16. The zero-order chi connectivity index (χ0) is 13.8. The number of hydrogen-bond donors (Lipinski definition) is 2. The van der Waals surface area contributed by atoms with Gasteiger partial charge in [0.1, 0.15) is 0 Å². The van der Waals surface area contributed by atoms with E-state index in [4.69, 9.17) is 17.3 Å². The van der Waals surface area contributed by atoms with E-state index in [-0.39, 0.29) is 10.6 Å². The molecule has 3 N–H and O–H groups in total. The van der Waals surface area contributed by atoms with Crippen LogP contribution in [0, 0.1) is 6.92 Å². The summed E-state index contributed by atoms with van der Waals surface area (Å²) >= 11 is 7.58. The van der Waals surface area contributed by atoms with Gasteiger partial charge in [-0.2, -0.15) is 11.8 Å². The molecule has 0 saturated carbocycles. The van der Waals surface area contributed by atoms with Gasteiger partial charge in [0.25, 0.3) is 0 Å². The van der Waals surface area contributed by atoms with Crippen molar-refractivity contribution in [3.8, 4) is 0 Å². The average Bonchev–Trinajstić information content (AvgIpc) is 2.31. The van der Waals surface area contributed by atoms with Crippen molar-refractivity contribution in [3.63, 3.8) is 0 Å². The third-order valence-electron chi connectivity index (χ3n) is 2.38. The van der Waals surface area contributed by atoms with E-state index in [1.54, 1.807) is 18.7 Å². The normalized spacial score (nSPS) is 11.7. The van der Waals surface area contributed by atoms with Crippen LogP contribution in [0.15, 0.2) is 17.0 Å². The zero-order valence-corrected chi connectivity index (χ0v) is 12.8. The summed E-state index contributed by atoms with van der Waals surface area (Å²) in [6, 6.07) is 2.90. The number of hydrogen-bond acceptors (Lipinski definition) is 4. The Morgan fingerprint density at radius 3 is 2.67 bits per heavy atom. The summed E-state index contributed by atoms with van der Waals surface area (Å²) in [5.41, 5.74) is 6.60. The molecule has 0 aliphatic carbocycles. The monoisotopic (exact) mass is 308 g/mol. The lowest BCUT2D eigenvalue weighted by atomic mass is 10.2. The minimum Gasteiger partial charge on any atom is -0.397 e. The predicted molar refractivity (Wildman–Crippen MR) is 78.8 cm³/mol. The first-order valence-electron chi connectivity index (χ1n) is 5.42. The Balaban J connectivity index is 2.85. The van der Waals surface area contributed by atoms with Gasteiger partial charge in [-0.1, -0.05) is 11.6 Å². The van der Waals surface area contributed by atoms with E-state index >= 15 is 0 Å². The topological polar surface area (TPSA) is 72.2 Å². The number of rotatable bonds is 6. The molecule has 0 atom stereocenters. The van der Waals surface area contributed by atoms with Crippen molar-refractivity contribution < 1.29 is 8.42 Å². The van der Waals surface area contributed by atoms with E-state index in [1.807, 2.05) is 6.26 Å². The van der Waals surface area contributed by atoms with Gasteiger partial charge in [0, 0.05) is 6.54 Å². The second kappa shape index (κ2) is 6.65. The lowest BCUT2D eigenvalue weighted by molar-refractivity contribution is 0.581. The quantitative estimate of drug-likeness (QED) is 0.624. The molecule has 0 aromatic heterocycles. The number of benzene rings is 1. The molecule has 0 unspecified atom stereocenters. The van der Waals surface area contributed by atoms with E-state index in [9.17, 15) is 8.42 Å². The lowest BCUT2D eigenvalue weighted by Crippen LogP contribution is -2.25. The highest BCUT2D eigenvalue weighted by Crippen LogP contribution is 2.26. The Kier molecular flexibility index (Phi) is 5.78. The van der Waals surface area contributed by atoms with Crippen molar-refractivity contribution >= 4 is 39.1 Å². The minimum atomic E-state index is -3.50. The van der Waals surface area contributed by atoms with Crippen LogP contribution in [0.4, 0.5) is 5.69 Å². The van der Waals surface area contributed by atoms with Crippen molar-refractivity contribution in [1.82, 2.24) is 4.72 Å². The average molecular weight is 309 g/mol. The smallest absolute Gasteiger partial charge is 0.240 e. The Morgan fingerprint density at radius 1 is 1.44 bits per heavy atom. The molecule has 0 heterocycles. The van der Waals surface area contributed by atoms with Crippen LogP contribution in [-0.4, -0.2) is 27.0 Å². The Hall–Kier alpha value is -0.430. The number of halogens is 1. The highest BCUT2D eigenvalue weighted by molar-refractivity contribution is 7.98. The number of nitrogens with two attached hydrogens (primary N) is 1. The van der Waals surface area contributed by atoms with Gasteiger partial charge in [-0.15, -0.1) is 0 Å². The Bertz CT molecular complexity index is 495. The number of anilines is 1. The van der Waals surface area contributed by atoms with Crippen LogP contribution in [0.25, 0.3) is 0 Å². The van der Waals surface area contributed by atoms with Gasteiger partial charge in [0.15, 0.2) is 0 Å². The SMILES string of the molecule is CSCCCNS(=O)(=O)c1cc(C)c(Cl)c(N)c1. The number of sulfonamides is 1. The largest absolute Gasteiger partial charge is 0.397 e. The molecular weight excluding hydrogens is 292 g/mol. The van der Waals surface area contributed by atoms with Crippen LogP contribution < -0.4 is 10.5 Å². The second-order valence-electron chi connectivity index (χ2n) is 3.89. The maximum Gasteiger partial charge on any atom is 0.240 e. The summed E-state index contributed by atoms with van der Waals surface area (Å²) in [4.78, 5) is 0.158. The van der Waals surface area contributed by atoms with Gasteiger partial charge in [0.05, 0.1) is 15.6 Å². The standard InChI is InChI=1S/C11H17ClN2O2S2/c1-8-6-9(7-10(13)11(8)12)18(15,16)14-4-3-5-17-2/h6-7,14H,3-5,13H2,1-2H3. The third kappa shape index (κ3) is 4.05. The fourth-order valence-corrected chi connectivity index (χ4v) is 3.16. The van der Waals surface area contributed by atoms with Gasteiger partial charge in [0.2, 0.25) is 10.0 Å². The summed E-state index contributed by atoms with van der Waals surface area (Å²) < 4.78 is 26.5. The van der Waals surface area contributed by atoms with E-state index in [0.29, 0.717) is 17.1 Å². The van der Waals surface area contributed by atoms with Crippen molar-refractivity contribution in [2.45, 2.75) is 18.2 Å².